The molecule has 0 saturated heterocycles. The smallest absolute Gasteiger partial charge is 0.239 e. The van der Waals surface area contributed by atoms with Crippen molar-refractivity contribution in [3.63, 3.8) is 0 Å². The molecule has 1 aliphatic heterocycles. The average Bonchev–Trinajstić information content (AvgIpc) is 3.54. The van der Waals surface area contributed by atoms with Crippen LogP contribution in [0.4, 0.5) is 20.3 Å². The van der Waals surface area contributed by atoms with Gasteiger partial charge in [0.25, 0.3) is 0 Å². The fourth-order valence-electron chi connectivity index (χ4n) is 4.17. The van der Waals surface area contributed by atoms with E-state index in [1.807, 2.05) is 4.57 Å². The molecule has 3 aromatic rings. The number of nitrogens with two attached hydrogens (primary N) is 1. The molecule has 3 N–H and O–H groups in total. The Hall–Kier alpha value is -3.26. The molecule has 5 rings (SSSR count). The minimum atomic E-state index is -0.475. The highest BCUT2D eigenvalue weighted by molar-refractivity contribution is 5.82. The second kappa shape index (κ2) is 8.35. The molecule has 1 aliphatic carbocycles. The molecule has 166 valence electrons. The number of benzene rings is 2. The van der Waals surface area contributed by atoms with Crippen molar-refractivity contribution in [1.82, 2.24) is 14.5 Å². The van der Waals surface area contributed by atoms with Crippen molar-refractivity contribution in [3.05, 3.63) is 66.0 Å². The molecule has 1 amide bonds. The summed E-state index contributed by atoms with van der Waals surface area (Å²) in [6.45, 7) is 1.44. The first-order valence-electron chi connectivity index (χ1n) is 10.9. The first kappa shape index (κ1) is 20.6. The molecular formula is C24H25F2N5O. The Morgan fingerprint density at radius 3 is 2.38 bits per heavy atom. The monoisotopic (exact) mass is 437 g/mol. The van der Waals surface area contributed by atoms with Crippen LogP contribution in [0.2, 0.25) is 0 Å². The predicted octanol–water partition coefficient (Wildman–Crippen LogP) is 4.04. The largest absolute Gasteiger partial charge is 0.340 e. The van der Waals surface area contributed by atoms with Gasteiger partial charge in [0.05, 0.1) is 12.6 Å². The van der Waals surface area contributed by atoms with Crippen molar-refractivity contribution in [1.29, 1.82) is 0 Å². The summed E-state index contributed by atoms with van der Waals surface area (Å²) >= 11 is 0. The van der Waals surface area contributed by atoms with Crippen molar-refractivity contribution >= 4 is 17.4 Å². The number of nitrogens with zero attached hydrogens (tertiary/aromatic N) is 3. The zero-order chi connectivity index (χ0) is 22.2. The maximum absolute atomic E-state index is 13.5. The zero-order valence-corrected chi connectivity index (χ0v) is 17.6. The van der Waals surface area contributed by atoms with Crippen molar-refractivity contribution in [2.75, 3.05) is 11.9 Å². The molecule has 0 bridgehead atoms. The molecule has 0 spiro atoms. The Bertz CT molecular complexity index is 1120. The second-order valence-corrected chi connectivity index (χ2v) is 8.56. The molecule has 8 heteroatoms. The summed E-state index contributed by atoms with van der Waals surface area (Å²) < 4.78 is 28.9. The fourth-order valence-corrected chi connectivity index (χ4v) is 4.17. The molecule has 1 fully saturated rings. The number of hydrogen-bond donors (Lipinski definition) is 2. The molecule has 1 aromatic heterocycles. The Kier molecular flexibility index (Phi) is 5.38. The fraction of sp³-hybridized carbons (Fsp3) is 0.333. The van der Waals surface area contributed by atoms with Gasteiger partial charge >= 0.3 is 0 Å². The van der Waals surface area contributed by atoms with Gasteiger partial charge in [0.1, 0.15) is 29.0 Å². The zero-order valence-electron chi connectivity index (χ0n) is 17.6. The van der Waals surface area contributed by atoms with Gasteiger partial charge in [-0.05, 0) is 60.9 Å². The van der Waals surface area contributed by atoms with E-state index in [0.717, 1.165) is 36.5 Å². The van der Waals surface area contributed by atoms with Crippen molar-refractivity contribution < 1.29 is 13.6 Å². The number of anilines is 2. The lowest BCUT2D eigenvalue weighted by atomic mass is 10.1. The average molecular weight is 437 g/mol. The first-order valence-corrected chi connectivity index (χ1v) is 10.9. The summed E-state index contributed by atoms with van der Waals surface area (Å²) in [5.74, 6) is 1.35. The van der Waals surface area contributed by atoms with Gasteiger partial charge in [-0.15, -0.1) is 0 Å². The number of carbonyl (C=O) groups is 1. The molecule has 32 heavy (non-hydrogen) atoms. The third kappa shape index (κ3) is 4.23. The Balaban J connectivity index is 1.46. The van der Waals surface area contributed by atoms with Crippen LogP contribution < -0.4 is 11.1 Å². The summed E-state index contributed by atoms with van der Waals surface area (Å²) in [6.07, 6.45) is 3.05. The summed E-state index contributed by atoms with van der Waals surface area (Å²) in [5.41, 5.74) is 8.28. The lowest BCUT2D eigenvalue weighted by Gasteiger charge is -2.30. The predicted molar refractivity (Wildman–Crippen MR) is 118 cm³/mol. The molecule has 0 radical (unpaired) electrons. The Labute approximate surface area is 185 Å². The van der Waals surface area contributed by atoms with Gasteiger partial charge < -0.3 is 20.5 Å². The highest BCUT2D eigenvalue weighted by atomic mass is 19.1. The molecule has 6 nitrogen and oxygen atoms in total. The van der Waals surface area contributed by atoms with E-state index in [2.05, 4.69) is 5.32 Å². The number of imidazole rings is 1. The second-order valence-electron chi connectivity index (χ2n) is 8.56. The normalized spacial score (nSPS) is 16.5. The standard InChI is InChI=1S/C24H25F2N5O/c25-17-5-3-16(4-6-17)22-23(28-19-9-7-18(26)8-10-19)31-12-11-30(14-21(31)29-22)24(32)20(27)13-15-1-2-15/h3-10,15,20,28H,1-2,11-14,27H2/t20-/m0/s1. The number of hydrogen-bond acceptors (Lipinski definition) is 4. The number of aromatic nitrogens is 2. The van der Waals surface area contributed by atoms with Crippen LogP contribution in [0.1, 0.15) is 25.1 Å². The van der Waals surface area contributed by atoms with E-state index in [4.69, 9.17) is 10.7 Å². The van der Waals surface area contributed by atoms with Crippen LogP contribution in [0.3, 0.4) is 0 Å². The summed E-state index contributed by atoms with van der Waals surface area (Å²) in [6, 6.07) is 11.7. The topological polar surface area (TPSA) is 76.2 Å². The van der Waals surface area contributed by atoms with Gasteiger partial charge in [0.15, 0.2) is 0 Å². The SMILES string of the molecule is N[C@@H](CC1CC1)C(=O)N1CCn2c(nc(-c3ccc(F)cc3)c2Nc2ccc(F)cc2)C1. The number of rotatable bonds is 6. The van der Waals surface area contributed by atoms with Crippen LogP contribution in [0.15, 0.2) is 48.5 Å². The van der Waals surface area contributed by atoms with Crippen molar-refractivity contribution in [2.45, 2.75) is 38.4 Å². The summed E-state index contributed by atoms with van der Waals surface area (Å²) in [5, 5.41) is 3.33. The third-order valence-electron chi connectivity index (χ3n) is 6.11. The van der Waals surface area contributed by atoms with Crippen molar-refractivity contribution in [3.8, 4) is 11.3 Å². The van der Waals surface area contributed by atoms with E-state index in [1.54, 1.807) is 29.2 Å². The highest BCUT2D eigenvalue weighted by Crippen LogP contribution is 2.35. The van der Waals surface area contributed by atoms with Gasteiger partial charge in [-0.25, -0.2) is 13.8 Å². The van der Waals surface area contributed by atoms with Gasteiger partial charge in [0, 0.05) is 24.3 Å². The molecule has 2 heterocycles. The van der Waals surface area contributed by atoms with Gasteiger partial charge in [0.2, 0.25) is 5.91 Å². The van der Waals surface area contributed by atoms with E-state index in [-0.39, 0.29) is 17.5 Å². The molecule has 1 atom stereocenters. The van der Waals surface area contributed by atoms with Crippen LogP contribution in [-0.4, -0.2) is 32.9 Å². The van der Waals surface area contributed by atoms with Crippen molar-refractivity contribution in [2.24, 2.45) is 11.7 Å². The summed E-state index contributed by atoms with van der Waals surface area (Å²) in [4.78, 5) is 19.4. The van der Waals surface area contributed by atoms with Crippen LogP contribution in [0.5, 0.6) is 0 Å². The van der Waals surface area contributed by atoms with Crippen LogP contribution in [-0.2, 0) is 17.9 Å². The summed E-state index contributed by atoms with van der Waals surface area (Å²) in [7, 11) is 0. The Morgan fingerprint density at radius 2 is 1.72 bits per heavy atom. The lowest BCUT2D eigenvalue weighted by molar-refractivity contribution is -0.134. The van der Waals surface area contributed by atoms with E-state index in [0.29, 0.717) is 36.9 Å². The molecule has 2 aliphatic rings. The van der Waals surface area contributed by atoms with Gasteiger partial charge in [-0.2, -0.15) is 0 Å². The van der Waals surface area contributed by atoms with Gasteiger partial charge in [-0.3, -0.25) is 4.79 Å². The van der Waals surface area contributed by atoms with E-state index < -0.39 is 6.04 Å². The molecular weight excluding hydrogens is 412 g/mol. The van der Waals surface area contributed by atoms with E-state index in [9.17, 15) is 13.6 Å². The highest BCUT2D eigenvalue weighted by Gasteiger charge is 2.32. The molecule has 0 unspecified atom stereocenters. The first-order chi connectivity index (χ1) is 15.5. The minimum Gasteiger partial charge on any atom is -0.340 e. The van der Waals surface area contributed by atoms with E-state index >= 15 is 0 Å². The van der Waals surface area contributed by atoms with Crippen LogP contribution >= 0.6 is 0 Å². The number of amides is 1. The maximum atomic E-state index is 13.5. The van der Waals surface area contributed by atoms with Gasteiger partial charge in [-0.1, -0.05) is 12.8 Å². The van der Waals surface area contributed by atoms with E-state index in [1.165, 1.54) is 24.3 Å². The lowest BCUT2D eigenvalue weighted by Crippen LogP contribution is -2.47. The minimum absolute atomic E-state index is 0.0393. The third-order valence-corrected chi connectivity index (χ3v) is 6.11. The number of halogens is 2. The number of nitrogens with one attached hydrogen (secondary N) is 1. The maximum Gasteiger partial charge on any atom is 0.239 e. The Morgan fingerprint density at radius 1 is 1.06 bits per heavy atom. The van der Waals surface area contributed by atoms with Crippen LogP contribution in [0.25, 0.3) is 11.3 Å². The van der Waals surface area contributed by atoms with Crippen LogP contribution in [0, 0.1) is 17.6 Å². The quantitative estimate of drug-likeness (QED) is 0.610. The molecule has 1 saturated carbocycles. The number of carbonyl (C=O) groups excluding carboxylic acids is 1. The number of fused-ring (bicyclic) bond motifs is 1. The molecule has 2 aromatic carbocycles.